The maximum absolute atomic E-state index is 12.3. The van der Waals surface area contributed by atoms with Crippen molar-refractivity contribution in [3.8, 4) is 11.4 Å². The molecule has 3 N–H and O–H groups in total. The van der Waals surface area contributed by atoms with Crippen molar-refractivity contribution in [1.82, 2.24) is 9.66 Å². The maximum atomic E-state index is 12.3. The van der Waals surface area contributed by atoms with E-state index in [0.717, 1.165) is 4.68 Å². The molecule has 2 aromatic carbocycles. The molecule has 21 heavy (non-hydrogen) atoms. The predicted molar refractivity (Wildman–Crippen MR) is 78.5 cm³/mol. The summed E-state index contributed by atoms with van der Waals surface area (Å²) in [5.74, 6) is 4.82. The van der Waals surface area contributed by atoms with Gasteiger partial charge >= 0.3 is 5.97 Å². The van der Waals surface area contributed by atoms with E-state index in [1.165, 1.54) is 6.07 Å². The molecule has 0 aliphatic rings. The van der Waals surface area contributed by atoms with E-state index in [9.17, 15) is 14.7 Å². The van der Waals surface area contributed by atoms with Gasteiger partial charge in [-0.1, -0.05) is 30.3 Å². The van der Waals surface area contributed by atoms with Crippen LogP contribution in [0.15, 0.2) is 53.3 Å². The summed E-state index contributed by atoms with van der Waals surface area (Å²) in [4.78, 5) is 27.9. The molecule has 0 radical (unpaired) electrons. The Labute approximate surface area is 119 Å². The van der Waals surface area contributed by atoms with E-state index >= 15 is 0 Å². The lowest BCUT2D eigenvalue weighted by Gasteiger charge is -2.10. The van der Waals surface area contributed by atoms with Crippen LogP contribution >= 0.6 is 0 Å². The summed E-state index contributed by atoms with van der Waals surface area (Å²) in [6.45, 7) is 0. The summed E-state index contributed by atoms with van der Waals surface area (Å²) in [5.41, 5.74) is 0.393. The lowest BCUT2D eigenvalue weighted by molar-refractivity contribution is 0.0697. The molecule has 0 amide bonds. The van der Waals surface area contributed by atoms with E-state index in [1.807, 2.05) is 0 Å². The van der Waals surface area contributed by atoms with Gasteiger partial charge in [-0.15, -0.1) is 0 Å². The van der Waals surface area contributed by atoms with Gasteiger partial charge in [-0.3, -0.25) is 4.79 Å². The molecule has 3 aromatic rings. The minimum atomic E-state index is -1.10. The molecule has 0 unspecified atom stereocenters. The number of nitrogen functional groups attached to an aromatic ring is 1. The van der Waals surface area contributed by atoms with E-state index < -0.39 is 11.5 Å². The van der Waals surface area contributed by atoms with Crippen molar-refractivity contribution < 1.29 is 9.90 Å². The first-order valence-corrected chi connectivity index (χ1v) is 6.19. The average Bonchev–Trinajstić information content (AvgIpc) is 2.51. The van der Waals surface area contributed by atoms with E-state index in [0.29, 0.717) is 16.5 Å². The van der Waals surface area contributed by atoms with Crippen LogP contribution < -0.4 is 11.4 Å². The highest BCUT2D eigenvalue weighted by atomic mass is 16.4. The van der Waals surface area contributed by atoms with Crippen molar-refractivity contribution in [2.75, 3.05) is 5.84 Å². The quantitative estimate of drug-likeness (QED) is 0.693. The fourth-order valence-electron chi connectivity index (χ4n) is 2.20. The number of aromatic carboxylic acids is 1. The predicted octanol–water partition coefficient (Wildman–Crippen LogP) is 1.48. The number of para-hydroxylation sites is 1. The topological polar surface area (TPSA) is 98.2 Å². The van der Waals surface area contributed by atoms with E-state index in [2.05, 4.69) is 4.98 Å². The maximum Gasteiger partial charge on any atom is 0.336 e. The Morgan fingerprint density at radius 3 is 2.52 bits per heavy atom. The second-order valence-corrected chi connectivity index (χ2v) is 4.48. The highest BCUT2D eigenvalue weighted by molar-refractivity contribution is 5.95. The van der Waals surface area contributed by atoms with E-state index in [4.69, 9.17) is 5.84 Å². The van der Waals surface area contributed by atoms with Crippen molar-refractivity contribution in [3.63, 3.8) is 0 Å². The second kappa shape index (κ2) is 4.75. The normalized spacial score (nSPS) is 10.7. The first-order chi connectivity index (χ1) is 10.1. The molecule has 0 saturated carbocycles. The Morgan fingerprint density at radius 2 is 1.76 bits per heavy atom. The molecule has 6 nitrogen and oxygen atoms in total. The Kier molecular flexibility index (Phi) is 2.91. The van der Waals surface area contributed by atoms with Gasteiger partial charge in [0.1, 0.15) is 0 Å². The van der Waals surface area contributed by atoms with Crippen LogP contribution in [0, 0.1) is 0 Å². The van der Waals surface area contributed by atoms with Crippen LogP contribution in [0.5, 0.6) is 0 Å². The van der Waals surface area contributed by atoms with Crippen molar-refractivity contribution in [2.45, 2.75) is 0 Å². The molecular weight excluding hydrogens is 270 g/mol. The molecule has 1 heterocycles. The number of fused-ring (bicyclic) bond motifs is 1. The van der Waals surface area contributed by atoms with Gasteiger partial charge in [0.2, 0.25) is 0 Å². The molecule has 104 valence electrons. The first kappa shape index (κ1) is 12.9. The Bertz CT molecular complexity index is 915. The van der Waals surface area contributed by atoms with Gasteiger partial charge in [0.15, 0.2) is 5.82 Å². The Morgan fingerprint density at radius 1 is 1.10 bits per heavy atom. The van der Waals surface area contributed by atoms with Crippen LogP contribution in [0.2, 0.25) is 0 Å². The molecule has 0 fully saturated rings. The molecule has 0 saturated heterocycles. The van der Waals surface area contributed by atoms with Crippen LogP contribution in [0.25, 0.3) is 22.3 Å². The molecule has 3 rings (SSSR count). The lowest BCUT2D eigenvalue weighted by atomic mass is 10.1. The number of benzene rings is 2. The molecule has 0 atom stereocenters. The van der Waals surface area contributed by atoms with Gasteiger partial charge in [0.25, 0.3) is 5.56 Å². The zero-order valence-corrected chi connectivity index (χ0v) is 10.9. The molecule has 6 heteroatoms. The molecule has 0 bridgehead atoms. The Hall–Kier alpha value is -3.15. The summed E-state index contributed by atoms with van der Waals surface area (Å²) < 4.78 is 0.879. The van der Waals surface area contributed by atoms with Crippen LogP contribution in [-0.2, 0) is 0 Å². The number of hydrogen-bond donors (Lipinski definition) is 2. The van der Waals surface area contributed by atoms with Gasteiger partial charge in [-0.25, -0.2) is 14.5 Å². The van der Waals surface area contributed by atoms with E-state index in [-0.39, 0.29) is 11.4 Å². The summed E-state index contributed by atoms with van der Waals surface area (Å²) in [6.07, 6.45) is 0. The number of rotatable bonds is 2. The van der Waals surface area contributed by atoms with Crippen LogP contribution in [-0.4, -0.2) is 20.7 Å². The number of carbonyl (C=O) groups is 1. The smallest absolute Gasteiger partial charge is 0.336 e. The third-order valence-electron chi connectivity index (χ3n) is 3.21. The van der Waals surface area contributed by atoms with Gasteiger partial charge in [0.05, 0.1) is 16.5 Å². The largest absolute Gasteiger partial charge is 0.478 e. The number of hydrogen-bond acceptors (Lipinski definition) is 4. The van der Waals surface area contributed by atoms with Gasteiger partial charge < -0.3 is 10.9 Å². The molecule has 0 spiro atoms. The van der Waals surface area contributed by atoms with Gasteiger partial charge in [0, 0.05) is 5.56 Å². The summed E-state index contributed by atoms with van der Waals surface area (Å²) in [5, 5.41) is 9.63. The lowest BCUT2D eigenvalue weighted by Crippen LogP contribution is -2.30. The average molecular weight is 281 g/mol. The highest BCUT2D eigenvalue weighted by Crippen LogP contribution is 2.21. The van der Waals surface area contributed by atoms with Gasteiger partial charge in [-0.05, 0) is 18.2 Å². The number of nitrogens with zero attached hydrogens (tertiary/aromatic N) is 2. The van der Waals surface area contributed by atoms with E-state index in [1.54, 1.807) is 42.5 Å². The van der Waals surface area contributed by atoms with Crippen LogP contribution in [0.3, 0.4) is 0 Å². The Balaban J connectivity index is 2.39. The summed E-state index contributed by atoms with van der Waals surface area (Å²) >= 11 is 0. The number of aromatic nitrogens is 2. The minimum Gasteiger partial charge on any atom is -0.478 e. The van der Waals surface area contributed by atoms with Crippen molar-refractivity contribution in [1.29, 1.82) is 0 Å². The molecule has 0 aliphatic carbocycles. The fourth-order valence-corrected chi connectivity index (χ4v) is 2.20. The van der Waals surface area contributed by atoms with Crippen LogP contribution in [0.1, 0.15) is 10.4 Å². The second-order valence-electron chi connectivity index (χ2n) is 4.48. The molecule has 0 aliphatic heterocycles. The first-order valence-electron chi connectivity index (χ1n) is 6.19. The van der Waals surface area contributed by atoms with Gasteiger partial charge in [-0.2, -0.15) is 0 Å². The zero-order chi connectivity index (χ0) is 15.0. The van der Waals surface area contributed by atoms with Crippen molar-refractivity contribution in [2.24, 2.45) is 0 Å². The molecular formula is C15H11N3O3. The van der Waals surface area contributed by atoms with Crippen LogP contribution in [0.4, 0.5) is 0 Å². The summed E-state index contributed by atoms with van der Waals surface area (Å²) in [7, 11) is 0. The highest BCUT2D eigenvalue weighted by Gasteiger charge is 2.16. The third-order valence-corrected chi connectivity index (χ3v) is 3.21. The number of nitrogens with two attached hydrogens (primary N) is 1. The monoisotopic (exact) mass is 281 g/mol. The zero-order valence-electron chi connectivity index (χ0n) is 10.9. The third kappa shape index (κ3) is 2.02. The van der Waals surface area contributed by atoms with Crippen molar-refractivity contribution in [3.05, 3.63) is 64.4 Å². The van der Waals surface area contributed by atoms with Crippen molar-refractivity contribution >= 4 is 16.9 Å². The minimum absolute atomic E-state index is 0.0406. The SMILES string of the molecule is Nn1c(-c2ccccc2C(=O)O)nc2ccccc2c1=O. The fraction of sp³-hybridized carbons (Fsp3) is 0. The standard InChI is InChI=1S/C15H11N3O3/c16-18-13(9-5-1-2-6-10(9)15(20)21)17-12-8-4-3-7-11(12)14(18)19/h1-8H,16H2,(H,20,21). The number of carboxylic acid groups (broad SMARTS) is 1. The molecule has 1 aromatic heterocycles. The summed E-state index contributed by atoms with van der Waals surface area (Å²) in [6, 6.07) is 13.1. The number of carboxylic acids is 1.